The first kappa shape index (κ1) is 7.74. The lowest BCUT2D eigenvalue weighted by atomic mass is 10.7. The first-order chi connectivity index (χ1) is 3.48. The van der Waals surface area contributed by atoms with Gasteiger partial charge in [-0.15, -0.1) is 0 Å². The lowest BCUT2D eigenvalue weighted by molar-refractivity contribution is -0.0569. The molecule has 0 saturated heterocycles. The van der Waals surface area contributed by atoms with E-state index >= 15 is 0 Å². The fourth-order valence-electron chi connectivity index (χ4n) is 0.0567. The highest BCUT2D eigenvalue weighted by Crippen LogP contribution is 2.20. The van der Waals surface area contributed by atoms with Gasteiger partial charge in [-0.05, 0) is 15.9 Å². The lowest BCUT2D eigenvalue weighted by Gasteiger charge is -1.98. The van der Waals surface area contributed by atoms with Crippen molar-refractivity contribution in [2.45, 2.75) is 6.18 Å². The Morgan fingerprint density at radius 3 is 1.88 bits per heavy atom. The molecule has 2 nitrogen and oxygen atoms in total. The van der Waals surface area contributed by atoms with E-state index in [2.05, 4.69) is 0 Å². The van der Waals surface area contributed by atoms with Crippen molar-refractivity contribution in [1.29, 1.82) is 0 Å². The molecule has 48 valence electrons. The van der Waals surface area contributed by atoms with Gasteiger partial charge in [0.1, 0.15) is 0 Å². The average molecular weight is 192 g/mol. The van der Waals surface area contributed by atoms with Crippen LogP contribution in [0.3, 0.4) is 0 Å². The Balaban J connectivity index is 4.03. The van der Waals surface area contributed by atoms with Gasteiger partial charge in [0.05, 0.1) is 0 Å². The van der Waals surface area contributed by atoms with Crippen LogP contribution < -0.4 is 0 Å². The summed E-state index contributed by atoms with van der Waals surface area (Å²) in [5.74, 6) is 0. The first-order valence-corrected chi connectivity index (χ1v) is 2.22. The summed E-state index contributed by atoms with van der Waals surface area (Å²) in [6.07, 6.45) is -4.57. The second-order valence-electron chi connectivity index (χ2n) is 0.889. The Labute approximate surface area is 51.1 Å². The standard InChI is InChI=1S/C2HBrF3NO/c3-1(7-8)2(4,5)6/h8H/b7-1+. The Kier molecular flexibility index (Phi) is 2.26. The molecule has 0 aliphatic carbocycles. The van der Waals surface area contributed by atoms with E-state index < -0.39 is 10.8 Å². The Morgan fingerprint density at radius 1 is 1.50 bits per heavy atom. The minimum Gasteiger partial charge on any atom is -0.410 e. The first-order valence-electron chi connectivity index (χ1n) is 1.43. The Bertz CT molecular complexity index is 108. The van der Waals surface area contributed by atoms with Crippen molar-refractivity contribution in [3.63, 3.8) is 0 Å². The fraction of sp³-hybridized carbons (Fsp3) is 0.500. The number of rotatable bonds is 0. The summed E-state index contributed by atoms with van der Waals surface area (Å²) >= 11 is 1.97. The minimum atomic E-state index is -4.57. The number of hydrogen-bond acceptors (Lipinski definition) is 2. The third-order valence-electron chi connectivity index (χ3n) is 0.322. The second-order valence-corrected chi connectivity index (χ2v) is 1.64. The smallest absolute Gasteiger partial charge is 0.410 e. The van der Waals surface area contributed by atoms with Gasteiger partial charge in [0.15, 0.2) is 0 Å². The van der Waals surface area contributed by atoms with E-state index in [1.165, 1.54) is 0 Å². The predicted molar refractivity (Wildman–Crippen MR) is 24.2 cm³/mol. The molecule has 0 aliphatic heterocycles. The van der Waals surface area contributed by atoms with Crippen LogP contribution in [-0.4, -0.2) is 16.0 Å². The van der Waals surface area contributed by atoms with E-state index in [0.29, 0.717) is 0 Å². The van der Waals surface area contributed by atoms with Gasteiger partial charge in [0.2, 0.25) is 4.62 Å². The predicted octanol–water partition coefficient (Wildman–Crippen LogP) is 1.73. The van der Waals surface area contributed by atoms with Gasteiger partial charge in [-0.1, -0.05) is 5.16 Å². The summed E-state index contributed by atoms with van der Waals surface area (Å²) in [6.45, 7) is 0. The van der Waals surface area contributed by atoms with Crippen molar-refractivity contribution in [3.8, 4) is 0 Å². The van der Waals surface area contributed by atoms with Crippen LogP contribution in [0.25, 0.3) is 0 Å². The highest BCUT2D eigenvalue weighted by molar-refractivity contribution is 9.18. The molecular weight excluding hydrogens is 191 g/mol. The van der Waals surface area contributed by atoms with Gasteiger partial charge in [-0.3, -0.25) is 0 Å². The van der Waals surface area contributed by atoms with E-state index in [-0.39, 0.29) is 0 Å². The summed E-state index contributed by atoms with van der Waals surface area (Å²) in [4.78, 5) is 0. The molecule has 0 bridgehead atoms. The summed E-state index contributed by atoms with van der Waals surface area (Å²) in [5.41, 5.74) is 0. The van der Waals surface area contributed by atoms with Crippen molar-refractivity contribution in [2.75, 3.05) is 0 Å². The maximum atomic E-state index is 11.1. The van der Waals surface area contributed by atoms with Gasteiger partial charge < -0.3 is 5.21 Å². The van der Waals surface area contributed by atoms with Crippen molar-refractivity contribution in [3.05, 3.63) is 0 Å². The minimum absolute atomic E-state index is 1.43. The summed E-state index contributed by atoms with van der Waals surface area (Å²) in [5, 5.41) is 9.36. The molecule has 0 aromatic heterocycles. The van der Waals surface area contributed by atoms with Gasteiger partial charge in [0.25, 0.3) is 0 Å². The van der Waals surface area contributed by atoms with Gasteiger partial charge >= 0.3 is 6.18 Å². The number of hydrogen-bond donors (Lipinski definition) is 1. The van der Waals surface area contributed by atoms with Crippen molar-refractivity contribution < 1.29 is 18.4 Å². The second kappa shape index (κ2) is 2.34. The fourth-order valence-corrected chi connectivity index (χ4v) is 0.0567. The van der Waals surface area contributed by atoms with Crippen LogP contribution in [0, 0.1) is 0 Å². The summed E-state index contributed by atoms with van der Waals surface area (Å²) < 4.78 is 31.9. The summed E-state index contributed by atoms with van der Waals surface area (Å²) in [6, 6.07) is 0. The monoisotopic (exact) mass is 191 g/mol. The van der Waals surface area contributed by atoms with Crippen LogP contribution >= 0.6 is 15.9 Å². The lowest BCUT2D eigenvalue weighted by Crippen LogP contribution is -2.16. The van der Waals surface area contributed by atoms with Crippen LogP contribution in [0.1, 0.15) is 0 Å². The summed E-state index contributed by atoms with van der Waals surface area (Å²) in [7, 11) is 0. The zero-order valence-electron chi connectivity index (χ0n) is 3.41. The molecule has 0 amide bonds. The SMILES string of the molecule is O/N=C(/Br)C(F)(F)F. The molecule has 0 saturated carbocycles. The molecule has 0 fully saturated rings. The molecule has 0 atom stereocenters. The van der Waals surface area contributed by atoms with Gasteiger partial charge in [-0.2, -0.15) is 13.2 Å². The molecule has 0 spiro atoms. The normalized spacial score (nSPS) is 14.2. The maximum Gasteiger partial charge on any atom is 0.443 e. The van der Waals surface area contributed by atoms with E-state index in [1.807, 2.05) is 21.1 Å². The molecule has 1 N–H and O–H groups in total. The van der Waals surface area contributed by atoms with E-state index in [9.17, 15) is 13.2 Å². The van der Waals surface area contributed by atoms with Crippen LogP contribution in [-0.2, 0) is 0 Å². The molecule has 0 unspecified atom stereocenters. The van der Waals surface area contributed by atoms with Crippen molar-refractivity contribution in [1.82, 2.24) is 0 Å². The van der Waals surface area contributed by atoms with Crippen LogP contribution in [0.4, 0.5) is 13.2 Å². The van der Waals surface area contributed by atoms with E-state index in [4.69, 9.17) is 5.21 Å². The van der Waals surface area contributed by atoms with Crippen molar-refractivity contribution in [2.24, 2.45) is 5.16 Å². The largest absolute Gasteiger partial charge is 0.443 e. The van der Waals surface area contributed by atoms with Crippen molar-refractivity contribution >= 4 is 20.6 Å². The molecule has 0 radical (unpaired) electrons. The molecule has 8 heavy (non-hydrogen) atoms. The Morgan fingerprint density at radius 2 is 1.88 bits per heavy atom. The molecule has 0 heterocycles. The molecule has 0 aromatic carbocycles. The third-order valence-corrected chi connectivity index (χ3v) is 0.930. The average Bonchev–Trinajstić information content (AvgIpc) is 1.62. The zero-order chi connectivity index (χ0) is 6.78. The topological polar surface area (TPSA) is 32.6 Å². The molecular formula is C2HBrF3NO. The zero-order valence-corrected chi connectivity index (χ0v) is 4.99. The Hall–Kier alpha value is -0.260. The maximum absolute atomic E-state index is 11.1. The number of alkyl halides is 3. The van der Waals surface area contributed by atoms with Crippen LogP contribution in [0.15, 0.2) is 5.16 Å². The number of oxime groups is 1. The quantitative estimate of drug-likeness (QED) is 0.353. The molecule has 0 aromatic rings. The molecule has 0 rings (SSSR count). The third kappa shape index (κ3) is 2.15. The highest BCUT2D eigenvalue weighted by Gasteiger charge is 2.34. The van der Waals surface area contributed by atoms with Crippen LogP contribution in [0.5, 0.6) is 0 Å². The van der Waals surface area contributed by atoms with Crippen LogP contribution in [0.2, 0.25) is 0 Å². The highest BCUT2D eigenvalue weighted by atomic mass is 79.9. The van der Waals surface area contributed by atoms with E-state index in [0.717, 1.165) is 0 Å². The van der Waals surface area contributed by atoms with Gasteiger partial charge in [-0.25, -0.2) is 0 Å². The number of nitrogens with zero attached hydrogens (tertiary/aromatic N) is 1. The van der Waals surface area contributed by atoms with E-state index in [1.54, 1.807) is 0 Å². The molecule has 0 aliphatic rings. The number of halogens is 4. The van der Waals surface area contributed by atoms with Gasteiger partial charge in [0, 0.05) is 0 Å². The molecule has 6 heteroatoms.